The van der Waals surface area contributed by atoms with Crippen molar-refractivity contribution in [2.75, 3.05) is 0 Å². The van der Waals surface area contributed by atoms with Crippen molar-refractivity contribution < 1.29 is 39.6 Å². The maximum Gasteiger partial charge on any atom is 0.337 e. The minimum absolute atomic E-state index is 0.306. The van der Waals surface area contributed by atoms with Gasteiger partial charge < -0.3 is 25.2 Å². The predicted molar refractivity (Wildman–Crippen MR) is 65.0 cm³/mol. The van der Waals surface area contributed by atoms with E-state index < -0.39 is 47.0 Å². The number of hydrogen-bond acceptors (Lipinski definition) is 5. The molecule has 0 aromatic carbocycles. The lowest BCUT2D eigenvalue weighted by Gasteiger charge is -2.38. The molecule has 20 heavy (non-hydrogen) atoms. The van der Waals surface area contributed by atoms with Crippen LogP contribution in [0.4, 0.5) is 0 Å². The van der Waals surface area contributed by atoms with Crippen LogP contribution in [0.3, 0.4) is 0 Å². The highest BCUT2D eigenvalue weighted by Gasteiger charge is 2.56. The molecule has 2 unspecified atom stereocenters. The number of Topliss-reactive ketones (excluding diaryl/α,β-unsaturated/α-hetero) is 1. The largest absolute Gasteiger partial charge is 0.481 e. The van der Waals surface area contributed by atoms with Crippen LogP contribution in [0, 0.1) is 11.3 Å². The Morgan fingerprint density at radius 1 is 1.00 bits per heavy atom. The van der Waals surface area contributed by atoms with Crippen molar-refractivity contribution in [2.24, 2.45) is 11.3 Å². The van der Waals surface area contributed by atoms with E-state index in [1.165, 1.54) is 20.8 Å². The Morgan fingerprint density at radius 3 is 1.70 bits per heavy atom. The van der Waals surface area contributed by atoms with Crippen molar-refractivity contribution >= 4 is 23.7 Å². The second kappa shape index (κ2) is 6.00. The average Bonchev–Trinajstić information content (AvgIpc) is 2.11. The molecule has 0 saturated heterocycles. The van der Waals surface area contributed by atoms with E-state index in [1.807, 2.05) is 0 Å². The highest BCUT2D eigenvalue weighted by Crippen LogP contribution is 2.40. The normalized spacial score (nSPS) is 16.0. The molecule has 0 spiro atoms. The number of aliphatic hydroxyl groups is 1. The van der Waals surface area contributed by atoms with Crippen molar-refractivity contribution in [3.05, 3.63) is 0 Å². The van der Waals surface area contributed by atoms with Crippen LogP contribution in [0.2, 0.25) is 0 Å². The molecule has 2 atom stereocenters. The molecular weight excluding hydrogens is 272 g/mol. The van der Waals surface area contributed by atoms with Gasteiger partial charge in [0, 0.05) is 6.42 Å². The lowest BCUT2D eigenvalue weighted by Crippen LogP contribution is -2.56. The fourth-order valence-corrected chi connectivity index (χ4v) is 2.46. The van der Waals surface area contributed by atoms with Gasteiger partial charge in [-0.3, -0.25) is 9.59 Å². The molecule has 0 aliphatic heterocycles. The second-order valence-corrected chi connectivity index (χ2v) is 5.44. The Morgan fingerprint density at radius 2 is 1.45 bits per heavy atom. The molecule has 8 nitrogen and oxygen atoms in total. The van der Waals surface area contributed by atoms with Gasteiger partial charge in [-0.25, -0.2) is 4.79 Å². The fraction of sp³-hybridized carbons (Fsp3) is 0.667. The summed E-state index contributed by atoms with van der Waals surface area (Å²) >= 11 is 0. The zero-order chi connectivity index (χ0) is 16.3. The molecule has 0 saturated carbocycles. The number of carbonyl (C=O) groups is 4. The van der Waals surface area contributed by atoms with Crippen molar-refractivity contribution in [3.63, 3.8) is 0 Å². The number of carboxylic acids is 3. The molecule has 0 aromatic rings. The van der Waals surface area contributed by atoms with Crippen LogP contribution in [-0.2, 0) is 19.2 Å². The van der Waals surface area contributed by atoms with Gasteiger partial charge in [0.2, 0.25) is 0 Å². The molecule has 0 radical (unpaired) electrons. The van der Waals surface area contributed by atoms with Gasteiger partial charge in [0.05, 0.1) is 6.42 Å². The van der Waals surface area contributed by atoms with Crippen molar-refractivity contribution in [1.29, 1.82) is 0 Å². The van der Waals surface area contributed by atoms with Crippen LogP contribution in [0.1, 0.15) is 33.6 Å². The van der Waals surface area contributed by atoms with Gasteiger partial charge >= 0.3 is 17.9 Å². The second-order valence-electron chi connectivity index (χ2n) is 5.44. The molecule has 0 amide bonds. The first-order valence-corrected chi connectivity index (χ1v) is 5.74. The van der Waals surface area contributed by atoms with Crippen molar-refractivity contribution in [1.82, 2.24) is 0 Å². The van der Waals surface area contributed by atoms with Gasteiger partial charge in [-0.2, -0.15) is 0 Å². The van der Waals surface area contributed by atoms with Crippen LogP contribution in [0.15, 0.2) is 0 Å². The first-order valence-electron chi connectivity index (χ1n) is 5.74. The first-order chi connectivity index (χ1) is 8.84. The molecule has 0 fully saturated rings. The summed E-state index contributed by atoms with van der Waals surface area (Å²) in [6.45, 7) is 3.78. The minimum atomic E-state index is -3.00. The summed E-state index contributed by atoms with van der Waals surface area (Å²) in [5, 5.41) is 37.0. The van der Waals surface area contributed by atoms with E-state index in [4.69, 9.17) is 10.2 Å². The molecule has 0 rings (SSSR count). The Balaban J connectivity index is 5.86. The number of carbonyl (C=O) groups excluding carboxylic acids is 1. The molecule has 0 bridgehead atoms. The monoisotopic (exact) mass is 290 g/mol. The van der Waals surface area contributed by atoms with Gasteiger partial charge in [-0.15, -0.1) is 0 Å². The lowest BCUT2D eigenvalue weighted by molar-refractivity contribution is -0.187. The molecule has 0 aliphatic rings. The van der Waals surface area contributed by atoms with Crippen LogP contribution in [-0.4, -0.2) is 49.7 Å². The van der Waals surface area contributed by atoms with Crippen LogP contribution in [0.5, 0.6) is 0 Å². The van der Waals surface area contributed by atoms with Crippen LogP contribution < -0.4 is 0 Å². The Hall–Kier alpha value is -1.96. The smallest absolute Gasteiger partial charge is 0.337 e. The quantitative estimate of drug-likeness (QED) is 0.487. The summed E-state index contributed by atoms with van der Waals surface area (Å²) in [7, 11) is 0. The number of carboxylic acid groups (broad SMARTS) is 3. The maximum absolute atomic E-state index is 11.3. The summed E-state index contributed by atoms with van der Waals surface area (Å²) in [4.78, 5) is 44.4. The van der Waals surface area contributed by atoms with E-state index in [-0.39, 0.29) is 6.42 Å². The van der Waals surface area contributed by atoms with Crippen molar-refractivity contribution in [3.8, 4) is 0 Å². The zero-order valence-corrected chi connectivity index (χ0v) is 11.4. The van der Waals surface area contributed by atoms with Gasteiger partial charge in [0.1, 0.15) is 11.7 Å². The molecule has 0 heterocycles. The van der Waals surface area contributed by atoms with Crippen LogP contribution in [0.25, 0.3) is 0 Å². The van der Waals surface area contributed by atoms with E-state index in [1.54, 1.807) is 0 Å². The molecule has 0 aliphatic carbocycles. The van der Waals surface area contributed by atoms with E-state index in [9.17, 15) is 29.4 Å². The zero-order valence-electron chi connectivity index (χ0n) is 11.4. The lowest BCUT2D eigenvalue weighted by atomic mass is 9.66. The third-order valence-corrected chi connectivity index (χ3v) is 3.00. The SMILES string of the molecule is CC(=O)CC(C)(C)C(C(=O)O)C(O)(CC(=O)O)C(=O)O. The molecule has 4 N–H and O–H groups in total. The average molecular weight is 290 g/mol. The summed E-state index contributed by atoms with van der Waals surface area (Å²) in [5.41, 5.74) is -4.43. The Labute approximate surface area is 115 Å². The van der Waals surface area contributed by atoms with E-state index in [2.05, 4.69) is 0 Å². The topological polar surface area (TPSA) is 149 Å². The number of aliphatic carboxylic acids is 3. The summed E-state index contributed by atoms with van der Waals surface area (Å²) < 4.78 is 0. The van der Waals surface area contributed by atoms with Crippen LogP contribution >= 0.6 is 0 Å². The standard InChI is InChI=1S/C12H18O8/c1-6(13)4-11(2,3)8(9(16)17)12(20,10(18)19)5-7(14)15/h8,20H,4-5H2,1-3H3,(H,14,15)(H,16,17)(H,18,19). The molecule has 0 aromatic heterocycles. The molecular formula is C12H18O8. The summed E-state index contributed by atoms with van der Waals surface area (Å²) in [6.07, 6.45) is -1.58. The maximum atomic E-state index is 11.3. The van der Waals surface area contributed by atoms with Crippen molar-refractivity contribution in [2.45, 2.75) is 39.2 Å². The van der Waals surface area contributed by atoms with Gasteiger partial charge in [-0.05, 0) is 12.3 Å². The Kier molecular flexibility index (Phi) is 5.41. The Bertz CT molecular complexity index is 439. The van der Waals surface area contributed by atoms with Gasteiger partial charge in [0.15, 0.2) is 5.60 Å². The van der Waals surface area contributed by atoms with E-state index >= 15 is 0 Å². The number of rotatable bonds is 8. The van der Waals surface area contributed by atoms with E-state index in [0.29, 0.717) is 0 Å². The third-order valence-electron chi connectivity index (χ3n) is 3.00. The van der Waals surface area contributed by atoms with E-state index in [0.717, 1.165) is 0 Å². The van der Waals surface area contributed by atoms with Gasteiger partial charge in [0.25, 0.3) is 0 Å². The molecule has 114 valence electrons. The summed E-state index contributed by atoms with van der Waals surface area (Å²) in [5.74, 6) is -7.64. The highest BCUT2D eigenvalue weighted by atomic mass is 16.4. The summed E-state index contributed by atoms with van der Waals surface area (Å²) in [6, 6.07) is 0. The highest BCUT2D eigenvalue weighted by molar-refractivity contribution is 5.90. The fourth-order valence-electron chi connectivity index (χ4n) is 2.46. The minimum Gasteiger partial charge on any atom is -0.481 e. The number of ketones is 1. The third kappa shape index (κ3) is 4.02. The van der Waals surface area contributed by atoms with Gasteiger partial charge in [-0.1, -0.05) is 13.8 Å². The predicted octanol–water partition coefficient (Wildman–Crippen LogP) is -0.0171. The molecule has 8 heteroatoms. The number of hydrogen-bond donors (Lipinski definition) is 4. The first kappa shape index (κ1) is 18.0.